The van der Waals surface area contributed by atoms with Crippen LogP contribution >= 0.6 is 0 Å². The molecule has 1 aliphatic heterocycles. The van der Waals surface area contributed by atoms with Crippen molar-refractivity contribution in [3.05, 3.63) is 0 Å². The summed E-state index contributed by atoms with van der Waals surface area (Å²) in [6.45, 7) is 5.59. The van der Waals surface area contributed by atoms with Gasteiger partial charge in [-0.05, 0) is 32.7 Å². The second-order valence-corrected chi connectivity index (χ2v) is 4.99. The van der Waals surface area contributed by atoms with E-state index in [9.17, 15) is 9.59 Å². The number of rotatable bonds is 5. The summed E-state index contributed by atoms with van der Waals surface area (Å²) in [5.41, 5.74) is -0.394. The van der Waals surface area contributed by atoms with Crippen LogP contribution in [0.4, 0.5) is 0 Å². The number of nitrogens with one attached hydrogen (secondary N) is 2. The number of aliphatic carboxylic acids is 1. The molecular weight excluding hydrogens is 220 g/mol. The van der Waals surface area contributed by atoms with Crippen molar-refractivity contribution in [3.8, 4) is 0 Å². The van der Waals surface area contributed by atoms with Crippen molar-refractivity contribution in [2.24, 2.45) is 11.3 Å². The standard InChI is InChI=1S/C12H22N2O3/c1-3-9(10(15)16)7-14-11(17)12(2)5-4-6-13-8-12/h9,13H,3-8H2,1-2H3,(H,14,17)(H,15,16). The molecule has 1 saturated heterocycles. The molecule has 0 saturated carbocycles. The lowest BCUT2D eigenvalue weighted by molar-refractivity contribution is -0.142. The van der Waals surface area contributed by atoms with E-state index in [0.717, 1.165) is 19.4 Å². The predicted octanol–water partition coefficient (Wildman–Crippen LogP) is 0.603. The number of carboxylic acids is 1. The number of carbonyl (C=O) groups is 2. The zero-order chi connectivity index (χ0) is 12.9. The zero-order valence-corrected chi connectivity index (χ0v) is 10.6. The van der Waals surface area contributed by atoms with Crippen molar-refractivity contribution in [2.75, 3.05) is 19.6 Å². The molecule has 2 atom stereocenters. The largest absolute Gasteiger partial charge is 0.481 e. The molecule has 0 radical (unpaired) electrons. The number of carboxylic acid groups (broad SMARTS) is 1. The average molecular weight is 242 g/mol. The SMILES string of the molecule is CCC(CNC(=O)C1(C)CCCNC1)C(=O)O. The minimum atomic E-state index is -0.847. The van der Waals surface area contributed by atoms with E-state index in [1.54, 1.807) is 0 Å². The van der Waals surface area contributed by atoms with Gasteiger partial charge in [-0.15, -0.1) is 0 Å². The van der Waals surface area contributed by atoms with Crippen LogP contribution in [0.15, 0.2) is 0 Å². The Hall–Kier alpha value is -1.10. The molecule has 1 rings (SSSR count). The van der Waals surface area contributed by atoms with Gasteiger partial charge >= 0.3 is 5.97 Å². The molecule has 0 bridgehead atoms. The van der Waals surface area contributed by atoms with E-state index in [-0.39, 0.29) is 12.5 Å². The van der Waals surface area contributed by atoms with Crippen LogP contribution in [0.1, 0.15) is 33.1 Å². The number of amides is 1. The maximum atomic E-state index is 12.0. The molecule has 17 heavy (non-hydrogen) atoms. The summed E-state index contributed by atoms with van der Waals surface area (Å²) in [6, 6.07) is 0. The lowest BCUT2D eigenvalue weighted by Crippen LogP contribution is -2.49. The van der Waals surface area contributed by atoms with Crippen molar-refractivity contribution in [1.29, 1.82) is 0 Å². The number of hydrogen-bond donors (Lipinski definition) is 3. The average Bonchev–Trinajstić information content (AvgIpc) is 2.30. The van der Waals surface area contributed by atoms with Crippen LogP contribution in [0.25, 0.3) is 0 Å². The lowest BCUT2D eigenvalue weighted by Gasteiger charge is -2.32. The number of hydrogen-bond acceptors (Lipinski definition) is 3. The smallest absolute Gasteiger partial charge is 0.308 e. The lowest BCUT2D eigenvalue weighted by atomic mass is 9.82. The van der Waals surface area contributed by atoms with Crippen molar-refractivity contribution < 1.29 is 14.7 Å². The Bertz CT molecular complexity index is 285. The number of piperidine rings is 1. The Morgan fingerprint density at radius 1 is 1.53 bits per heavy atom. The van der Waals surface area contributed by atoms with E-state index in [2.05, 4.69) is 10.6 Å². The van der Waals surface area contributed by atoms with Crippen LogP contribution < -0.4 is 10.6 Å². The van der Waals surface area contributed by atoms with E-state index in [1.165, 1.54) is 0 Å². The molecule has 0 aromatic heterocycles. The van der Waals surface area contributed by atoms with Crippen LogP contribution in [0, 0.1) is 11.3 Å². The highest BCUT2D eigenvalue weighted by molar-refractivity contribution is 5.83. The molecule has 1 heterocycles. The van der Waals surface area contributed by atoms with Gasteiger partial charge in [0.1, 0.15) is 0 Å². The third-order valence-corrected chi connectivity index (χ3v) is 3.50. The summed E-state index contributed by atoms with van der Waals surface area (Å²) in [5.74, 6) is -1.37. The van der Waals surface area contributed by atoms with Gasteiger partial charge in [0.25, 0.3) is 0 Å². The summed E-state index contributed by atoms with van der Waals surface area (Å²) < 4.78 is 0. The highest BCUT2D eigenvalue weighted by Crippen LogP contribution is 2.25. The molecule has 1 amide bonds. The van der Waals surface area contributed by atoms with E-state index < -0.39 is 17.3 Å². The molecule has 5 nitrogen and oxygen atoms in total. The van der Waals surface area contributed by atoms with Crippen LogP contribution in [0.3, 0.4) is 0 Å². The minimum Gasteiger partial charge on any atom is -0.481 e. The summed E-state index contributed by atoms with van der Waals surface area (Å²) >= 11 is 0. The van der Waals surface area contributed by atoms with Gasteiger partial charge in [0.05, 0.1) is 11.3 Å². The van der Waals surface area contributed by atoms with Crippen LogP contribution in [-0.4, -0.2) is 36.6 Å². The van der Waals surface area contributed by atoms with E-state index in [0.29, 0.717) is 13.0 Å². The van der Waals surface area contributed by atoms with Crippen molar-refractivity contribution >= 4 is 11.9 Å². The first-order valence-electron chi connectivity index (χ1n) is 6.21. The first-order valence-corrected chi connectivity index (χ1v) is 6.21. The fraction of sp³-hybridized carbons (Fsp3) is 0.833. The Labute approximate surface area is 102 Å². The summed E-state index contributed by atoms with van der Waals surface area (Å²) in [5, 5.41) is 14.9. The molecule has 0 aromatic rings. The van der Waals surface area contributed by atoms with Gasteiger partial charge in [0.2, 0.25) is 5.91 Å². The van der Waals surface area contributed by atoms with Gasteiger partial charge in [-0.2, -0.15) is 0 Å². The Morgan fingerprint density at radius 3 is 2.71 bits per heavy atom. The Kier molecular flexibility index (Phi) is 4.93. The molecule has 1 fully saturated rings. The van der Waals surface area contributed by atoms with Crippen molar-refractivity contribution in [3.63, 3.8) is 0 Å². The molecule has 98 valence electrons. The van der Waals surface area contributed by atoms with Gasteiger partial charge in [-0.25, -0.2) is 0 Å². The summed E-state index contributed by atoms with van der Waals surface area (Å²) in [7, 11) is 0. The van der Waals surface area contributed by atoms with E-state index in [1.807, 2.05) is 13.8 Å². The fourth-order valence-electron chi connectivity index (χ4n) is 2.09. The highest BCUT2D eigenvalue weighted by Gasteiger charge is 2.34. The van der Waals surface area contributed by atoms with E-state index >= 15 is 0 Å². The van der Waals surface area contributed by atoms with Crippen LogP contribution in [-0.2, 0) is 9.59 Å². The van der Waals surface area contributed by atoms with Crippen molar-refractivity contribution in [2.45, 2.75) is 33.1 Å². The fourth-order valence-corrected chi connectivity index (χ4v) is 2.09. The maximum absolute atomic E-state index is 12.0. The zero-order valence-electron chi connectivity index (χ0n) is 10.6. The van der Waals surface area contributed by atoms with E-state index in [4.69, 9.17) is 5.11 Å². The molecule has 0 spiro atoms. The van der Waals surface area contributed by atoms with Gasteiger partial charge in [-0.3, -0.25) is 9.59 Å². The molecule has 5 heteroatoms. The molecule has 1 aliphatic rings. The third-order valence-electron chi connectivity index (χ3n) is 3.50. The normalized spacial score (nSPS) is 26.2. The second-order valence-electron chi connectivity index (χ2n) is 4.99. The molecule has 3 N–H and O–H groups in total. The third kappa shape index (κ3) is 3.70. The number of carbonyl (C=O) groups excluding carboxylic acids is 1. The second kappa shape index (κ2) is 6.00. The summed E-state index contributed by atoms with van der Waals surface area (Å²) in [6.07, 6.45) is 2.38. The molecule has 0 aliphatic carbocycles. The Morgan fingerprint density at radius 2 is 2.24 bits per heavy atom. The first kappa shape index (κ1) is 14.0. The van der Waals surface area contributed by atoms with Crippen LogP contribution in [0.5, 0.6) is 0 Å². The molecule has 2 unspecified atom stereocenters. The quantitative estimate of drug-likeness (QED) is 0.660. The monoisotopic (exact) mass is 242 g/mol. The highest BCUT2D eigenvalue weighted by atomic mass is 16.4. The molecular formula is C12H22N2O3. The Balaban J connectivity index is 2.45. The first-order chi connectivity index (χ1) is 7.99. The van der Waals surface area contributed by atoms with Crippen molar-refractivity contribution in [1.82, 2.24) is 10.6 Å². The van der Waals surface area contributed by atoms with Crippen LogP contribution in [0.2, 0.25) is 0 Å². The van der Waals surface area contributed by atoms with Gasteiger partial charge < -0.3 is 15.7 Å². The molecule has 0 aromatic carbocycles. The topological polar surface area (TPSA) is 78.4 Å². The van der Waals surface area contributed by atoms with Gasteiger partial charge in [-0.1, -0.05) is 6.92 Å². The summed E-state index contributed by atoms with van der Waals surface area (Å²) in [4.78, 5) is 22.9. The van der Waals surface area contributed by atoms with Gasteiger partial charge in [0, 0.05) is 13.1 Å². The minimum absolute atomic E-state index is 0.0376. The maximum Gasteiger partial charge on any atom is 0.308 e. The predicted molar refractivity (Wildman–Crippen MR) is 64.6 cm³/mol. The van der Waals surface area contributed by atoms with Gasteiger partial charge in [0.15, 0.2) is 0 Å².